The Balaban J connectivity index is 3.48. The van der Waals surface area contributed by atoms with Gasteiger partial charge in [-0.25, -0.2) is 0 Å². The van der Waals surface area contributed by atoms with Crippen molar-refractivity contribution < 1.29 is 4.43 Å². The van der Waals surface area contributed by atoms with Crippen LogP contribution in [-0.4, -0.2) is 15.1 Å². The van der Waals surface area contributed by atoms with Gasteiger partial charge in [0.1, 0.15) is 0 Å². The SMILES string of the molecule is C=CCC(CC)O[SiH](C)C. The van der Waals surface area contributed by atoms with Crippen LogP contribution in [0.3, 0.4) is 0 Å². The third-order valence-electron chi connectivity index (χ3n) is 1.35. The van der Waals surface area contributed by atoms with Crippen LogP contribution in [0.15, 0.2) is 12.7 Å². The van der Waals surface area contributed by atoms with Gasteiger partial charge in [0.05, 0.1) is 0 Å². The Bertz CT molecular complexity index is 91.3. The van der Waals surface area contributed by atoms with Gasteiger partial charge >= 0.3 is 0 Å². The van der Waals surface area contributed by atoms with Gasteiger partial charge in [-0.3, -0.25) is 0 Å². The monoisotopic (exact) mass is 158 g/mol. The fraction of sp³-hybridized carbons (Fsp3) is 0.750. The van der Waals surface area contributed by atoms with Crippen molar-refractivity contribution in [2.24, 2.45) is 0 Å². The predicted octanol–water partition coefficient (Wildman–Crippen LogP) is 2.34. The zero-order valence-corrected chi connectivity index (χ0v) is 8.42. The van der Waals surface area contributed by atoms with E-state index in [1.54, 1.807) is 0 Å². The van der Waals surface area contributed by atoms with Crippen molar-refractivity contribution in [2.75, 3.05) is 0 Å². The van der Waals surface area contributed by atoms with Crippen molar-refractivity contribution in [1.82, 2.24) is 0 Å². The number of rotatable bonds is 5. The smallest absolute Gasteiger partial charge is 0.171 e. The Morgan fingerprint density at radius 3 is 2.50 bits per heavy atom. The van der Waals surface area contributed by atoms with Crippen LogP contribution >= 0.6 is 0 Å². The van der Waals surface area contributed by atoms with Gasteiger partial charge < -0.3 is 4.43 Å². The third kappa shape index (κ3) is 4.76. The molecule has 1 atom stereocenters. The molecule has 0 aliphatic heterocycles. The first kappa shape index (κ1) is 9.92. The van der Waals surface area contributed by atoms with Crippen LogP contribution in [0.2, 0.25) is 13.1 Å². The first-order chi connectivity index (χ1) is 4.70. The van der Waals surface area contributed by atoms with Crippen LogP contribution in [0.25, 0.3) is 0 Å². The Morgan fingerprint density at radius 2 is 2.20 bits per heavy atom. The lowest BCUT2D eigenvalue weighted by Crippen LogP contribution is -2.19. The van der Waals surface area contributed by atoms with Gasteiger partial charge in [-0.1, -0.05) is 13.0 Å². The quantitative estimate of drug-likeness (QED) is 0.441. The van der Waals surface area contributed by atoms with Crippen LogP contribution in [-0.2, 0) is 4.43 Å². The summed E-state index contributed by atoms with van der Waals surface area (Å²) < 4.78 is 5.71. The van der Waals surface area contributed by atoms with E-state index in [2.05, 4.69) is 26.6 Å². The molecule has 1 unspecified atom stereocenters. The summed E-state index contributed by atoms with van der Waals surface area (Å²) in [7, 11) is -0.825. The summed E-state index contributed by atoms with van der Waals surface area (Å²) in [5.41, 5.74) is 0. The highest BCUT2D eigenvalue weighted by Crippen LogP contribution is 2.05. The molecule has 0 fully saturated rings. The van der Waals surface area contributed by atoms with E-state index in [-0.39, 0.29) is 0 Å². The molecule has 0 aliphatic rings. The van der Waals surface area contributed by atoms with E-state index in [0.29, 0.717) is 6.10 Å². The van der Waals surface area contributed by atoms with Gasteiger partial charge in [0, 0.05) is 6.10 Å². The summed E-state index contributed by atoms with van der Waals surface area (Å²) in [5, 5.41) is 0. The lowest BCUT2D eigenvalue weighted by molar-refractivity contribution is 0.204. The molecule has 0 N–H and O–H groups in total. The molecule has 1 nitrogen and oxygen atoms in total. The number of hydrogen-bond donors (Lipinski definition) is 0. The molecule has 2 heteroatoms. The normalized spacial score (nSPS) is 13.6. The van der Waals surface area contributed by atoms with Crippen molar-refractivity contribution >= 4 is 9.04 Å². The van der Waals surface area contributed by atoms with E-state index in [1.165, 1.54) is 0 Å². The molecule has 0 saturated heterocycles. The van der Waals surface area contributed by atoms with Crippen molar-refractivity contribution in [3.63, 3.8) is 0 Å². The lowest BCUT2D eigenvalue weighted by Gasteiger charge is -2.16. The first-order valence-electron chi connectivity index (χ1n) is 3.97. The molecule has 60 valence electrons. The summed E-state index contributed by atoms with van der Waals surface area (Å²) >= 11 is 0. The maximum absolute atomic E-state index is 5.71. The molecule has 0 spiro atoms. The van der Waals surface area contributed by atoms with Crippen LogP contribution in [0.1, 0.15) is 19.8 Å². The summed E-state index contributed by atoms with van der Waals surface area (Å²) in [6, 6.07) is 0. The standard InChI is InChI=1S/C8H18OSi/c1-5-7-8(6-2)9-10(3)4/h5,8,10H,1,6-7H2,2-4H3. The summed E-state index contributed by atoms with van der Waals surface area (Å²) in [6.07, 6.45) is 4.48. The molecule has 0 bridgehead atoms. The average Bonchev–Trinajstić information content (AvgIpc) is 1.86. The predicted molar refractivity (Wildman–Crippen MR) is 48.9 cm³/mol. The molecule has 0 aromatic carbocycles. The molecular weight excluding hydrogens is 140 g/mol. The van der Waals surface area contributed by atoms with Crippen molar-refractivity contribution in [1.29, 1.82) is 0 Å². The topological polar surface area (TPSA) is 9.23 Å². The first-order valence-corrected chi connectivity index (χ1v) is 6.75. The minimum atomic E-state index is -0.825. The van der Waals surface area contributed by atoms with Crippen LogP contribution in [0.4, 0.5) is 0 Å². The average molecular weight is 158 g/mol. The largest absolute Gasteiger partial charge is 0.417 e. The van der Waals surface area contributed by atoms with E-state index in [9.17, 15) is 0 Å². The fourth-order valence-corrected chi connectivity index (χ4v) is 1.96. The fourth-order valence-electron chi connectivity index (χ4n) is 0.889. The highest BCUT2D eigenvalue weighted by molar-refractivity contribution is 6.48. The molecule has 0 radical (unpaired) electrons. The van der Waals surface area contributed by atoms with Crippen molar-refractivity contribution in [2.45, 2.75) is 39.0 Å². The highest BCUT2D eigenvalue weighted by Gasteiger charge is 2.05. The van der Waals surface area contributed by atoms with E-state index in [4.69, 9.17) is 4.43 Å². The summed E-state index contributed by atoms with van der Waals surface area (Å²) in [5.74, 6) is 0. The molecule has 0 aliphatic carbocycles. The Kier molecular flexibility index (Phi) is 5.64. The zero-order chi connectivity index (χ0) is 7.98. The van der Waals surface area contributed by atoms with Gasteiger partial charge in [-0.2, -0.15) is 0 Å². The molecule has 0 aromatic rings. The molecule has 0 heterocycles. The summed E-state index contributed by atoms with van der Waals surface area (Å²) in [4.78, 5) is 0. The van der Waals surface area contributed by atoms with Crippen LogP contribution in [0, 0.1) is 0 Å². The Labute approximate surface area is 65.8 Å². The lowest BCUT2D eigenvalue weighted by atomic mass is 10.2. The van der Waals surface area contributed by atoms with E-state index < -0.39 is 9.04 Å². The minimum Gasteiger partial charge on any atom is -0.417 e. The molecule has 0 rings (SSSR count). The second-order valence-corrected chi connectivity index (χ2v) is 5.11. The van der Waals surface area contributed by atoms with E-state index >= 15 is 0 Å². The number of hydrogen-bond acceptors (Lipinski definition) is 1. The maximum Gasteiger partial charge on any atom is 0.171 e. The second kappa shape index (κ2) is 5.68. The zero-order valence-electron chi connectivity index (χ0n) is 7.26. The van der Waals surface area contributed by atoms with Gasteiger partial charge in [-0.05, 0) is 25.9 Å². The van der Waals surface area contributed by atoms with Gasteiger partial charge in [0.2, 0.25) is 0 Å². The van der Waals surface area contributed by atoms with Crippen LogP contribution < -0.4 is 0 Å². The molecule has 0 aromatic heterocycles. The minimum absolute atomic E-state index is 0.434. The van der Waals surface area contributed by atoms with E-state index in [1.807, 2.05) is 6.08 Å². The Hall–Kier alpha value is -0.0831. The van der Waals surface area contributed by atoms with Gasteiger partial charge in [0.15, 0.2) is 9.04 Å². The Morgan fingerprint density at radius 1 is 1.60 bits per heavy atom. The van der Waals surface area contributed by atoms with Gasteiger partial charge in [0.25, 0.3) is 0 Å². The van der Waals surface area contributed by atoms with Gasteiger partial charge in [-0.15, -0.1) is 6.58 Å². The van der Waals surface area contributed by atoms with Crippen molar-refractivity contribution in [3.05, 3.63) is 12.7 Å². The second-order valence-electron chi connectivity index (χ2n) is 2.74. The molecule has 0 saturated carbocycles. The van der Waals surface area contributed by atoms with Crippen LogP contribution in [0.5, 0.6) is 0 Å². The molecule has 0 amide bonds. The molecular formula is C8H18OSi. The highest BCUT2D eigenvalue weighted by atomic mass is 28.3. The third-order valence-corrected chi connectivity index (χ3v) is 2.28. The van der Waals surface area contributed by atoms with Crippen molar-refractivity contribution in [3.8, 4) is 0 Å². The maximum atomic E-state index is 5.71. The molecule has 10 heavy (non-hydrogen) atoms. The van der Waals surface area contributed by atoms with E-state index in [0.717, 1.165) is 12.8 Å². The summed E-state index contributed by atoms with van der Waals surface area (Å²) in [6.45, 7) is 10.2.